The standard InChI is InChI=1S/C9H8ClN3O/c10-7-3-1-6(2-4-7)8(11)9-12-5-14-13-9/h1-5,8H,11H2/t8-/m0/s1. The van der Waals surface area contributed by atoms with Gasteiger partial charge in [0.05, 0.1) is 6.04 Å². The number of aromatic nitrogens is 2. The fourth-order valence-corrected chi connectivity index (χ4v) is 1.26. The van der Waals surface area contributed by atoms with Crippen LogP contribution >= 0.6 is 11.6 Å². The predicted molar refractivity (Wildman–Crippen MR) is 51.8 cm³/mol. The Bertz CT molecular complexity index is 399. The molecular weight excluding hydrogens is 202 g/mol. The van der Waals surface area contributed by atoms with E-state index in [0.29, 0.717) is 10.8 Å². The molecule has 0 saturated carbocycles. The zero-order chi connectivity index (χ0) is 9.97. The minimum atomic E-state index is -0.369. The Kier molecular flexibility index (Phi) is 2.47. The average molecular weight is 210 g/mol. The van der Waals surface area contributed by atoms with Gasteiger partial charge in [-0.05, 0) is 17.7 Å². The summed E-state index contributed by atoms with van der Waals surface area (Å²) in [5.41, 5.74) is 6.78. The zero-order valence-electron chi connectivity index (χ0n) is 7.22. The number of nitrogens with two attached hydrogens (primary N) is 1. The predicted octanol–water partition coefficient (Wildman–Crippen LogP) is 1.77. The molecule has 14 heavy (non-hydrogen) atoms. The Labute approximate surface area is 85.7 Å². The number of nitrogens with zero attached hydrogens (tertiary/aromatic N) is 2. The van der Waals surface area contributed by atoms with Crippen molar-refractivity contribution < 1.29 is 4.52 Å². The Hall–Kier alpha value is -1.39. The first-order chi connectivity index (χ1) is 6.77. The lowest BCUT2D eigenvalue weighted by atomic mass is 10.1. The van der Waals surface area contributed by atoms with Gasteiger partial charge in [-0.3, -0.25) is 0 Å². The van der Waals surface area contributed by atoms with Crippen molar-refractivity contribution in [1.29, 1.82) is 0 Å². The summed E-state index contributed by atoms with van der Waals surface area (Å²) in [5.74, 6) is 0.465. The fraction of sp³-hybridized carbons (Fsp3) is 0.111. The average Bonchev–Trinajstić information content (AvgIpc) is 2.71. The van der Waals surface area contributed by atoms with E-state index in [4.69, 9.17) is 17.3 Å². The molecule has 1 aromatic carbocycles. The van der Waals surface area contributed by atoms with E-state index in [9.17, 15) is 0 Å². The van der Waals surface area contributed by atoms with Crippen molar-refractivity contribution in [3.8, 4) is 0 Å². The molecule has 0 aliphatic rings. The first-order valence-corrected chi connectivity index (χ1v) is 4.42. The van der Waals surface area contributed by atoms with Gasteiger partial charge in [-0.15, -0.1) is 0 Å². The summed E-state index contributed by atoms with van der Waals surface area (Å²) in [6, 6.07) is 6.85. The van der Waals surface area contributed by atoms with Crippen LogP contribution in [-0.2, 0) is 0 Å². The van der Waals surface area contributed by atoms with E-state index in [-0.39, 0.29) is 6.04 Å². The van der Waals surface area contributed by atoms with E-state index in [0.717, 1.165) is 5.56 Å². The maximum absolute atomic E-state index is 5.88. The number of benzene rings is 1. The van der Waals surface area contributed by atoms with Gasteiger partial charge in [0.1, 0.15) is 0 Å². The summed E-state index contributed by atoms with van der Waals surface area (Å²) in [4.78, 5) is 3.88. The lowest BCUT2D eigenvalue weighted by Gasteiger charge is -2.06. The summed E-state index contributed by atoms with van der Waals surface area (Å²) in [5, 5.41) is 4.35. The second-order valence-corrected chi connectivity index (χ2v) is 3.26. The maximum Gasteiger partial charge on any atom is 0.213 e. The molecule has 1 atom stereocenters. The van der Waals surface area contributed by atoms with Crippen LogP contribution in [0.3, 0.4) is 0 Å². The topological polar surface area (TPSA) is 64.9 Å². The van der Waals surface area contributed by atoms with Crippen molar-refractivity contribution in [3.63, 3.8) is 0 Å². The van der Waals surface area contributed by atoms with Gasteiger partial charge in [-0.25, -0.2) is 0 Å². The van der Waals surface area contributed by atoms with Crippen LogP contribution in [0.1, 0.15) is 17.4 Å². The van der Waals surface area contributed by atoms with Crippen LogP contribution in [0.4, 0.5) is 0 Å². The van der Waals surface area contributed by atoms with Crippen LogP contribution in [0, 0.1) is 0 Å². The van der Waals surface area contributed by atoms with Crippen molar-refractivity contribution in [2.45, 2.75) is 6.04 Å². The van der Waals surface area contributed by atoms with Crippen molar-refractivity contribution >= 4 is 11.6 Å². The van der Waals surface area contributed by atoms with Crippen LogP contribution in [0.15, 0.2) is 35.2 Å². The van der Waals surface area contributed by atoms with Gasteiger partial charge in [-0.1, -0.05) is 28.9 Å². The molecule has 0 amide bonds. The molecule has 0 bridgehead atoms. The lowest BCUT2D eigenvalue weighted by Crippen LogP contribution is -2.13. The minimum Gasteiger partial charge on any atom is -0.343 e. The maximum atomic E-state index is 5.88. The molecule has 72 valence electrons. The third kappa shape index (κ3) is 1.76. The van der Waals surface area contributed by atoms with E-state index >= 15 is 0 Å². The molecule has 1 aromatic heterocycles. The normalized spacial score (nSPS) is 12.7. The molecule has 2 rings (SSSR count). The molecule has 2 aromatic rings. The van der Waals surface area contributed by atoms with Gasteiger partial charge in [0.15, 0.2) is 5.82 Å². The van der Waals surface area contributed by atoms with Crippen molar-refractivity contribution in [2.75, 3.05) is 0 Å². The molecule has 0 fully saturated rings. The number of halogens is 1. The van der Waals surface area contributed by atoms with E-state index in [1.54, 1.807) is 12.1 Å². The SMILES string of the molecule is N[C@@H](c1ccc(Cl)cc1)c1ncon1. The first-order valence-electron chi connectivity index (χ1n) is 4.04. The molecule has 0 aliphatic heterocycles. The van der Waals surface area contributed by atoms with Gasteiger partial charge in [0, 0.05) is 5.02 Å². The highest BCUT2D eigenvalue weighted by molar-refractivity contribution is 6.30. The molecule has 5 heteroatoms. The molecule has 1 heterocycles. The van der Waals surface area contributed by atoms with Crippen LogP contribution in [0.25, 0.3) is 0 Å². The fourth-order valence-electron chi connectivity index (χ4n) is 1.13. The minimum absolute atomic E-state index is 0.369. The van der Waals surface area contributed by atoms with E-state index in [1.807, 2.05) is 12.1 Å². The van der Waals surface area contributed by atoms with Crippen LogP contribution < -0.4 is 5.73 Å². The van der Waals surface area contributed by atoms with Crippen molar-refractivity contribution in [3.05, 3.63) is 47.1 Å². The van der Waals surface area contributed by atoms with E-state index in [1.165, 1.54) is 6.39 Å². The first kappa shape index (κ1) is 9.18. The highest BCUT2D eigenvalue weighted by atomic mass is 35.5. The largest absolute Gasteiger partial charge is 0.343 e. The summed E-state index contributed by atoms with van der Waals surface area (Å²) >= 11 is 5.75. The Morgan fingerprint density at radius 2 is 2.00 bits per heavy atom. The smallest absolute Gasteiger partial charge is 0.213 e. The Balaban J connectivity index is 2.28. The van der Waals surface area contributed by atoms with E-state index < -0.39 is 0 Å². The highest BCUT2D eigenvalue weighted by Crippen LogP contribution is 2.18. The highest BCUT2D eigenvalue weighted by Gasteiger charge is 2.12. The number of hydrogen-bond donors (Lipinski definition) is 1. The van der Waals surface area contributed by atoms with Gasteiger partial charge in [-0.2, -0.15) is 4.98 Å². The van der Waals surface area contributed by atoms with Crippen LogP contribution in [-0.4, -0.2) is 10.1 Å². The summed E-state index contributed by atoms with van der Waals surface area (Å²) < 4.78 is 4.61. The molecule has 0 spiro atoms. The lowest BCUT2D eigenvalue weighted by molar-refractivity contribution is 0.407. The molecule has 4 nitrogen and oxygen atoms in total. The quantitative estimate of drug-likeness (QED) is 0.819. The molecule has 0 aliphatic carbocycles. The monoisotopic (exact) mass is 209 g/mol. The second-order valence-electron chi connectivity index (χ2n) is 2.82. The third-order valence-corrected chi connectivity index (χ3v) is 2.14. The zero-order valence-corrected chi connectivity index (χ0v) is 7.98. The van der Waals surface area contributed by atoms with E-state index in [2.05, 4.69) is 14.7 Å². The summed E-state index contributed by atoms with van der Waals surface area (Å²) in [6.45, 7) is 0. The van der Waals surface area contributed by atoms with Gasteiger partial charge >= 0.3 is 0 Å². The molecular formula is C9H8ClN3O. The Morgan fingerprint density at radius 3 is 2.57 bits per heavy atom. The summed E-state index contributed by atoms with van der Waals surface area (Å²) in [6.07, 6.45) is 1.26. The third-order valence-electron chi connectivity index (χ3n) is 1.89. The van der Waals surface area contributed by atoms with Gasteiger partial charge in [0.25, 0.3) is 0 Å². The van der Waals surface area contributed by atoms with Crippen molar-refractivity contribution in [1.82, 2.24) is 10.1 Å². The van der Waals surface area contributed by atoms with Gasteiger partial charge in [0.2, 0.25) is 6.39 Å². The summed E-state index contributed by atoms with van der Waals surface area (Å²) in [7, 11) is 0. The molecule has 0 unspecified atom stereocenters. The van der Waals surface area contributed by atoms with Crippen LogP contribution in [0.2, 0.25) is 5.02 Å². The van der Waals surface area contributed by atoms with Gasteiger partial charge < -0.3 is 10.3 Å². The second kappa shape index (κ2) is 3.77. The van der Waals surface area contributed by atoms with Crippen LogP contribution in [0.5, 0.6) is 0 Å². The molecule has 2 N–H and O–H groups in total. The number of hydrogen-bond acceptors (Lipinski definition) is 4. The number of rotatable bonds is 2. The molecule has 0 radical (unpaired) electrons. The van der Waals surface area contributed by atoms with Crippen molar-refractivity contribution in [2.24, 2.45) is 5.73 Å². The molecule has 0 saturated heterocycles. The Morgan fingerprint density at radius 1 is 1.29 bits per heavy atom.